The van der Waals surface area contributed by atoms with Gasteiger partial charge in [0.05, 0.1) is 24.4 Å². The maximum atomic E-state index is 13.5. The molecule has 0 aliphatic carbocycles. The summed E-state index contributed by atoms with van der Waals surface area (Å²) in [4.78, 5) is 12.6. The number of nitrogens with one attached hydrogen (secondary N) is 1. The van der Waals surface area contributed by atoms with E-state index in [2.05, 4.69) is 10.4 Å². The van der Waals surface area contributed by atoms with Gasteiger partial charge in [-0.2, -0.15) is 5.10 Å². The molecule has 0 saturated carbocycles. The van der Waals surface area contributed by atoms with Gasteiger partial charge >= 0.3 is 0 Å². The van der Waals surface area contributed by atoms with Gasteiger partial charge in [-0.15, -0.1) is 0 Å². The minimum absolute atomic E-state index is 0.105. The highest BCUT2D eigenvalue weighted by molar-refractivity contribution is 5.95. The molecule has 0 unspecified atom stereocenters. The van der Waals surface area contributed by atoms with Gasteiger partial charge in [-0.3, -0.25) is 9.48 Å². The van der Waals surface area contributed by atoms with Crippen molar-refractivity contribution in [2.75, 3.05) is 6.61 Å². The number of carbonyl (C=O) groups is 1. The number of alkyl halides is 2. The van der Waals surface area contributed by atoms with Crippen LogP contribution >= 0.6 is 0 Å². The van der Waals surface area contributed by atoms with Crippen LogP contribution in [0.1, 0.15) is 54.4 Å². The van der Waals surface area contributed by atoms with Gasteiger partial charge in [0.2, 0.25) is 0 Å². The standard InChI is InChI=1S/C18H20F3N3O2/c1-10(2)9-24-16(17(20)21)13(8-22-24)18(25)23-14-5-6-26-15-4-3-11(19)7-12(14)15/h3-4,7-8,10,14,17H,5-6,9H2,1-2H3,(H,23,25)/t14-/m0/s1. The molecule has 1 N–H and O–H groups in total. The number of hydrogen-bond acceptors (Lipinski definition) is 3. The van der Waals surface area contributed by atoms with Crippen molar-refractivity contribution in [1.82, 2.24) is 15.1 Å². The van der Waals surface area contributed by atoms with Gasteiger partial charge in [-0.05, 0) is 24.1 Å². The van der Waals surface area contributed by atoms with Gasteiger partial charge in [-0.25, -0.2) is 13.2 Å². The third-order valence-corrected chi connectivity index (χ3v) is 4.19. The van der Waals surface area contributed by atoms with E-state index >= 15 is 0 Å². The van der Waals surface area contributed by atoms with Gasteiger partial charge in [-0.1, -0.05) is 13.8 Å². The third kappa shape index (κ3) is 3.68. The van der Waals surface area contributed by atoms with Crippen LogP contribution in [0.4, 0.5) is 13.2 Å². The molecule has 0 fully saturated rings. The predicted octanol–water partition coefficient (Wildman–Crippen LogP) is 3.87. The summed E-state index contributed by atoms with van der Waals surface area (Å²) in [5.41, 5.74) is -0.0643. The molecule has 1 aliphatic heterocycles. The minimum atomic E-state index is -2.82. The first kappa shape index (κ1) is 18.3. The van der Waals surface area contributed by atoms with Crippen LogP contribution in [-0.2, 0) is 6.54 Å². The molecule has 2 heterocycles. The van der Waals surface area contributed by atoms with Crippen molar-refractivity contribution in [2.24, 2.45) is 5.92 Å². The van der Waals surface area contributed by atoms with Crippen LogP contribution in [0.2, 0.25) is 0 Å². The SMILES string of the molecule is CC(C)Cn1ncc(C(=O)N[C@H]2CCOc3ccc(F)cc32)c1C(F)F. The van der Waals surface area contributed by atoms with E-state index in [-0.39, 0.29) is 18.0 Å². The second kappa shape index (κ2) is 7.39. The lowest BCUT2D eigenvalue weighted by molar-refractivity contribution is 0.0906. The van der Waals surface area contributed by atoms with Crippen LogP contribution in [-0.4, -0.2) is 22.3 Å². The van der Waals surface area contributed by atoms with Crippen molar-refractivity contribution in [3.05, 3.63) is 47.0 Å². The molecule has 26 heavy (non-hydrogen) atoms. The van der Waals surface area contributed by atoms with Crippen molar-refractivity contribution in [3.63, 3.8) is 0 Å². The average Bonchev–Trinajstić information content (AvgIpc) is 2.98. The van der Waals surface area contributed by atoms with E-state index in [9.17, 15) is 18.0 Å². The lowest BCUT2D eigenvalue weighted by atomic mass is 10.00. The molecule has 0 spiro atoms. The number of benzene rings is 1. The molecule has 2 aromatic rings. The minimum Gasteiger partial charge on any atom is -0.493 e. The van der Waals surface area contributed by atoms with E-state index in [0.717, 1.165) is 6.20 Å². The molecular weight excluding hydrogens is 347 g/mol. The van der Waals surface area contributed by atoms with Crippen LogP contribution in [0.5, 0.6) is 5.75 Å². The number of rotatable bonds is 5. The van der Waals surface area contributed by atoms with Gasteiger partial charge in [0.25, 0.3) is 12.3 Å². The quantitative estimate of drug-likeness (QED) is 0.873. The first-order chi connectivity index (χ1) is 12.4. The molecule has 8 heteroatoms. The Morgan fingerprint density at radius 1 is 1.42 bits per heavy atom. The Bertz CT molecular complexity index is 805. The van der Waals surface area contributed by atoms with Crippen molar-refractivity contribution in [1.29, 1.82) is 0 Å². The van der Waals surface area contributed by atoms with Gasteiger partial charge < -0.3 is 10.1 Å². The Morgan fingerprint density at radius 3 is 2.88 bits per heavy atom. The van der Waals surface area contributed by atoms with Gasteiger partial charge in [0.1, 0.15) is 17.3 Å². The summed E-state index contributed by atoms with van der Waals surface area (Å²) < 4.78 is 47.1. The number of halogens is 3. The number of amides is 1. The summed E-state index contributed by atoms with van der Waals surface area (Å²) in [7, 11) is 0. The van der Waals surface area contributed by atoms with E-state index in [1.807, 2.05) is 13.8 Å². The largest absolute Gasteiger partial charge is 0.493 e. The number of fused-ring (bicyclic) bond motifs is 1. The number of ether oxygens (including phenoxy) is 1. The summed E-state index contributed by atoms with van der Waals surface area (Å²) in [6.07, 6.45) is -1.24. The molecule has 0 radical (unpaired) electrons. The first-order valence-corrected chi connectivity index (χ1v) is 8.43. The summed E-state index contributed by atoms with van der Waals surface area (Å²) in [6.45, 7) is 4.39. The summed E-state index contributed by atoms with van der Waals surface area (Å²) in [5.74, 6) is -0.523. The van der Waals surface area contributed by atoms with E-state index in [1.54, 1.807) is 0 Å². The fraction of sp³-hybridized carbons (Fsp3) is 0.444. The molecule has 0 bridgehead atoms. The van der Waals surface area contributed by atoms with Crippen molar-refractivity contribution >= 4 is 5.91 Å². The van der Waals surface area contributed by atoms with Crippen LogP contribution in [0.15, 0.2) is 24.4 Å². The Morgan fingerprint density at radius 2 is 2.19 bits per heavy atom. The highest BCUT2D eigenvalue weighted by Gasteiger charge is 2.29. The highest BCUT2D eigenvalue weighted by atomic mass is 19.3. The fourth-order valence-electron chi connectivity index (χ4n) is 3.04. The molecule has 3 rings (SSSR count). The molecule has 1 aromatic heterocycles. The van der Waals surface area contributed by atoms with E-state index in [4.69, 9.17) is 4.74 Å². The lowest BCUT2D eigenvalue weighted by Gasteiger charge is -2.26. The Labute approximate surface area is 149 Å². The van der Waals surface area contributed by atoms with Crippen LogP contribution in [0.25, 0.3) is 0 Å². The van der Waals surface area contributed by atoms with Crippen molar-refractivity contribution in [2.45, 2.75) is 39.3 Å². The summed E-state index contributed by atoms with van der Waals surface area (Å²) in [6, 6.07) is 3.54. The molecule has 1 amide bonds. The van der Waals surface area contributed by atoms with Crippen LogP contribution in [0.3, 0.4) is 0 Å². The number of carbonyl (C=O) groups excluding carboxylic acids is 1. The van der Waals surface area contributed by atoms with Gasteiger partial charge in [0, 0.05) is 18.5 Å². The molecule has 5 nitrogen and oxygen atoms in total. The fourth-order valence-corrected chi connectivity index (χ4v) is 3.04. The lowest BCUT2D eigenvalue weighted by Crippen LogP contribution is -2.32. The topological polar surface area (TPSA) is 56.2 Å². The Balaban J connectivity index is 1.86. The maximum Gasteiger partial charge on any atom is 0.280 e. The summed E-state index contributed by atoms with van der Waals surface area (Å²) >= 11 is 0. The normalized spacial score (nSPS) is 16.5. The molecular formula is C18H20F3N3O2. The number of nitrogens with zero attached hydrogens (tertiary/aromatic N) is 2. The maximum absolute atomic E-state index is 13.5. The highest BCUT2D eigenvalue weighted by Crippen LogP contribution is 2.33. The second-order valence-corrected chi connectivity index (χ2v) is 6.67. The van der Waals surface area contributed by atoms with E-state index < -0.39 is 29.9 Å². The molecule has 140 valence electrons. The Hall–Kier alpha value is -2.51. The van der Waals surface area contributed by atoms with E-state index in [1.165, 1.54) is 22.9 Å². The zero-order chi connectivity index (χ0) is 18.8. The van der Waals surface area contributed by atoms with Crippen LogP contribution < -0.4 is 10.1 Å². The van der Waals surface area contributed by atoms with Crippen molar-refractivity contribution < 1.29 is 22.7 Å². The predicted molar refractivity (Wildman–Crippen MR) is 88.7 cm³/mol. The zero-order valence-corrected chi connectivity index (χ0v) is 14.5. The van der Waals surface area contributed by atoms with Crippen molar-refractivity contribution in [3.8, 4) is 5.75 Å². The Kier molecular flexibility index (Phi) is 5.20. The van der Waals surface area contributed by atoms with Gasteiger partial charge in [0.15, 0.2) is 0 Å². The molecule has 1 atom stereocenters. The summed E-state index contributed by atoms with van der Waals surface area (Å²) in [5, 5.41) is 6.65. The molecule has 0 saturated heterocycles. The number of hydrogen-bond donors (Lipinski definition) is 1. The molecule has 1 aromatic carbocycles. The number of aromatic nitrogens is 2. The average molecular weight is 367 g/mol. The molecule has 1 aliphatic rings. The van der Waals surface area contributed by atoms with E-state index in [0.29, 0.717) is 24.3 Å². The second-order valence-electron chi connectivity index (χ2n) is 6.67. The smallest absolute Gasteiger partial charge is 0.280 e. The van der Waals surface area contributed by atoms with Crippen LogP contribution in [0, 0.1) is 11.7 Å². The first-order valence-electron chi connectivity index (χ1n) is 8.43. The third-order valence-electron chi connectivity index (χ3n) is 4.19. The zero-order valence-electron chi connectivity index (χ0n) is 14.5. The monoisotopic (exact) mass is 367 g/mol.